The van der Waals surface area contributed by atoms with Crippen molar-refractivity contribution in [2.24, 2.45) is 0 Å². The third-order valence-corrected chi connectivity index (χ3v) is 2.92. The van der Waals surface area contributed by atoms with Crippen LogP contribution >= 0.6 is 0 Å². The highest BCUT2D eigenvalue weighted by Gasteiger charge is 2.19. The number of fused-ring (bicyclic) bond motifs is 1. The number of ether oxygens (including phenoxy) is 2. The minimum absolute atomic E-state index is 0.0670. The van der Waals surface area contributed by atoms with Gasteiger partial charge in [-0.05, 0) is 38.1 Å². The van der Waals surface area contributed by atoms with Crippen LogP contribution < -0.4 is 9.47 Å². The molecule has 0 fully saturated rings. The molecule has 1 aliphatic heterocycles. The van der Waals surface area contributed by atoms with E-state index in [1.54, 1.807) is 31.2 Å². The summed E-state index contributed by atoms with van der Waals surface area (Å²) >= 11 is 0. The zero-order valence-corrected chi connectivity index (χ0v) is 10.1. The van der Waals surface area contributed by atoms with Crippen molar-refractivity contribution in [1.29, 1.82) is 0 Å². The largest absolute Gasteiger partial charge is 0.466 e. The van der Waals surface area contributed by atoms with E-state index >= 15 is 0 Å². The molecule has 0 saturated carbocycles. The van der Waals surface area contributed by atoms with Crippen LogP contribution in [0.25, 0.3) is 0 Å². The average molecular weight is 244 g/mol. The van der Waals surface area contributed by atoms with Crippen LogP contribution in [0.5, 0.6) is 11.5 Å². The van der Waals surface area contributed by atoms with E-state index in [9.17, 15) is 4.79 Å². The van der Waals surface area contributed by atoms with Gasteiger partial charge in [-0.15, -0.1) is 0 Å². The molecule has 0 saturated heterocycles. The van der Waals surface area contributed by atoms with E-state index in [0.717, 1.165) is 5.76 Å². The molecule has 0 radical (unpaired) electrons. The van der Waals surface area contributed by atoms with Crippen molar-refractivity contribution in [1.82, 2.24) is 0 Å². The second-order valence-electron chi connectivity index (χ2n) is 4.22. The second-order valence-corrected chi connectivity index (χ2v) is 4.22. The number of carbonyl (C=O) groups excluding carboxylic acids is 1. The van der Waals surface area contributed by atoms with Gasteiger partial charge in [0.25, 0.3) is 0 Å². The summed E-state index contributed by atoms with van der Waals surface area (Å²) in [5.74, 6) is 2.58. The van der Waals surface area contributed by atoms with Crippen LogP contribution in [0.15, 0.2) is 28.7 Å². The fourth-order valence-corrected chi connectivity index (χ4v) is 2.05. The fourth-order valence-electron chi connectivity index (χ4n) is 2.05. The number of ketones is 1. The predicted octanol–water partition coefficient (Wildman–Crippen LogP) is 2.86. The Morgan fingerprint density at radius 3 is 2.61 bits per heavy atom. The molecule has 0 aliphatic carbocycles. The number of benzene rings is 1. The lowest BCUT2D eigenvalue weighted by atomic mass is 10.0. The Labute approximate surface area is 104 Å². The highest BCUT2D eigenvalue weighted by molar-refractivity contribution is 6.10. The zero-order chi connectivity index (χ0) is 12.7. The third kappa shape index (κ3) is 1.66. The Bertz CT molecular complexity index is 625. The summed E-state index contributed by atoms with van der Waals surface area (Å²) in [4.78, 5) is 12.3. The van der Waals surface area contributed by atoms with Gasteiger partial charge in [0.2, 0.25) is 6.79 Å². The number of rotatable bonds is 2. The van der Waals surface area contributed by atoms with Crippen molar-refractivity contribution >= 4 is 5.78 Å². The van der Waals surface area contributed by atoms with E-state index in [2.05, 4.69) is 0 Å². The van der Waals surface area contributed by atoms with Crippen LogP contribution in [0.1, 0.15) is 27.4 Å². The van der Waals surface area contributed by atoms with Crippen LogP contribution in [-0.4, -0.2) is 12.6 Å². The van der Waals surface area contributed by atoms with Gasteiger partial charge in [-0.3, -0.25) is 4.79 Å². The molecule has 1 aromatic heterocycles. The Morgan fingerprint density at radius 1 is 1.11 bits per heavy atom. The van der Waals surface area contributed by atoms with Crippen molar-refractivity contribution in [3.05, 3.63) is 46.9 Å². The first kappa shape index (κ1) is 10.9. The Kier molecular flexibility index (Phi) is 2.37. The molecular weight excluding hydrogens is 232 g/mol. The van der Waals surface area contributed by atoms with Crippen molar-refractivity contribution in [3.63, 3.8) is 0 Å². The fraction of sp³-hybridized carbons (Fsp3) is 0.214. The minimum Gasteiger partial charge on any atom is -0.466 e. The summed E-state index contributed by atoms with van der Waals surface area (Å²) in [6.07, 6.45) is 0. The first-order chi connectivity index (χ1) is 8.65. The van der Waals surface area contributed by atoms with Crippen LogP contribution in [-0.2, 0) is 0 Å². The maximum Gasteiger partial charge on any atom is 0.231 e. The van der Waals surface area contributed by atoms with Gasteiger partial charge < -0.3 is 13.9 Å². The molecular formula is C14H12O4. The predicted molar refractivity (Wildman–Crippen MR) is 64.2 cm³/mol. The molecule has 1 aliphatic rings. The second kappa shape index (κ2) is 3.91. The molecule has 92 valence electrons. The van der Waals surface area contributed by atoms with E-state index in [0.29, 0.717) is 28.4 Å². The normalized spacial score (nSPS) is 12.8. The number of carbonyl (C=O) groups is 1. The Balaban J connectivity index is 2.00. The summed E-state index contributed by atoms with van der Waals surface area (Å²) in [7, 11) is 0. The smallest absolute Gasteiger partial charge is 0.231 e. The third-order valence-electron chi connectivity index (χ3n) is 2.92. The molecule has 0 N–H and O–H groups in total. The lowest BCUT2D eigenvalue weighted by molar-refractivity contribution is 0.103. The molecule has 0 atom stereocenters. The number of furan rings is 1. The van der Waals surface area contributed by atoms with Crippen LogP contribution in [0.2, 0.25) is 0 Å². The Hall–Kier alpha value is -2.23. The van der Waals surface area contributed by atoms with Crippen molar-refractivity contribution in [2.45, 2.75) is 13.8 Å². The van der Waals surface area contributed by atoms with Crippen LogP contribution in [0, 0.1) is 13.8 Å². The highest BCUT2D eigenvalue weighted by Crippen LogP contribution is 2.33. The van der Waals surface area contributed by atoms with Gasteiger partial charge in [-0.25, -0.2) is 0 Å². The maximum atomic E-state index is 12.3. The summed E-state index contributed by atoms with van der Waals surface area (Å²) in [5, 5.41) is 0. The first-order valence-corrected chi connectivity index (χ1v) is 5.66. The van der Waals surface area contributed by atoms with Crippen molar-refractivity contribution in [3.8, 4) is 11.5 Å². The van der Waals surface area contributed by atoms with Gasteiger partial charge in [0, 0.05) is 5.56 Å². The van der Waals surface area contributed by atoms with E-state index in [1.165, 1.54) is 0 Å². The molecule has 0 unspecified atom stereocenters. The molecule has 18 heavy (non-hydrogen) atoms. The van der Waals surface area contributed by atoms with Gasteiger partial charge in [0.05, 0.1) is 5.56 Å². The average Bonchev–Trinajstić information content (AvgIpc) is 2.93. The minimum atomic E-state index is -0.0670. The topological polar surface area (TPSA) is 48.7 Å². The molecule has 0 bridgehead atoms. The van der Waals surface area contributed by atoms with Crippen molar-refractivity contribution in [2.75, 3.05) is 6.79 Å². The zero-order valence-electron chi connectivity index (χ0n) is 10.1. The summed E-state index contributed by atoms with van der Waals surface area (Å²) in [5.41, 5.74) is 1.16. The number of hydrogen-bond acceptors (Lipinski definition) is 4. The van der Waals surface area contributed by atoms with Crippen LogP contribution in [0.3, 0.4) is 0 Å². The number of hydrogen-bond donors (Lipinski definition) is 0. The molecule has 1 aromatic carbocycles. The SMILES string of the molecule is Cc1cc(C(=O)c2ccc3c(c2)OCO3)c(C)o1. The number of aryl methyl sites for hydroxylation is 2. The lowest BCUT2D eigenvalue weighted by Crippen LogP contribution is -2.01. The maximum absolute atomic E-state index is 12.3. The van der Waals surface area contributed by atoms with Gasteiger partial charge in [-0.2, -0.15) is 0 Å². The quantitative estimate of drug-likeness (QED) is 0.762. The van der Waals surface area contributed by atoms with Gasteiger partial charge in [0.15, 0.2) is 17.3 Å². The molecule has 2 aromatic rings. The Morgan fingerprint density at radius 2 is 1.89 bits per heavy atom. The summed E-state index contributed by atoms with van der Waals surface area (Å²) < 4.78 is 15.9. The van der Waals surface area contributed by atoms with E-state index < -0.39 is 0 Å². The summed E-state index contributed by atoms with van der Waals surface area (Å²) in [6.45, 7) is 3.81. The molecule has 4 nitrogen and oxygen atoms in total. The van der Waals surface area contributed by atoms with E-state index in [4.69, 9.17) is 13.9 Å². The molecule has 4 heteroatoms. The molecule has 0 amide bonds. The monoisotopic (exact) mass is 244 g/mol. The lowest BCUT2D eigenvalue weighted by Gasteiger charge is -2.01. The first-order valence-electron chi connectivity index (χ1n) is 5.66. The molecule has 3 rings (SSSR count). The molecule has 0 spiro atoms. The van der Waals surface area contributed by atoms with Gasteiger partial charge in [0.1, 0.15) is 11.5 Å². The highest BCUT2D eigenvalue weighted by atomic mass is 16.7. The standard InChI is InChI=1S/C14H12O4/c1-8-5-11(9(2)18-8)14(15)10-3-4-12-13(6-10)17-7-16-12/h3-6H,7H2,1-2H3. The van der Waals surface area contributed by atoms with Gasteiger partial charge >= 0.3 is 0 Å². The van der Waals surface area contributed by atoms with Crippen LogP contribution in [0.4, 0.5) is 0 Å². The summed E-state index contributed by atoms with van der Waals surface area (Å²) in [6, 6.07) is 6.93. The van der Waals surface area contributed by atoms with E-state index in [1.807, 2.05) is 6.92 Å². The van der Waals surface area contributed by atoms with Gasteiger partial charge in [-0.1, -0.05) is 0 Å². The van der Waals surface area contributed by atoms with Crippen molar-refractivity contribution < 1.29 is 18.7 Å². The van der Waals surface area contributed by atoms with E-state index in [-0.39, 0.29) is 12.6 Å². The molecule has 2 heterocycles.